The Morgan fingerprint density at radius 2 is 1.05 bits per heavy atom. The molecule has 0 aromatic rings. The van der Waals surface area contributed by atoms with E-state index in [9.17, 15) is 0 Å². The zero-order chi connectivity index (χ0) is 16.1. The molecule has 3 heteroatoms. The molecule has 0 fully saturated rings. The Balaban J connectivity index is -0.0000000937. The van der Waals surface area contributed by atoms with Crippen LogP contribution in [-0.4, -0.2) is 36.6 Å². The van der Waals surface area contributed by atoms with Gasteiger partial charge < -0.3 is 14.9 Å². The van der Waals surface area contributed by atoms with Gasteiger partial charge in [-0.3, -0.25) is 0 Å². The van der Waals surface area contributed by atoms with E-state index in [0.29, 0.717) is 11.8 Å². The third kappa shape index (κ3) is 101. The topological polar surface area (TPSA) is 49.7 Å². The molecule has 0 amide bonds. The molecule has 0 heterocycles. The predicted octanol–water partition coefficient (Wildman–Crippen LogP) is 3.67. The van der Waals surface area contributed by atoms with Gasteiger partial charge in [-0.2, -0.15) is 0 Å². The second-order valence-electron chi connectivity index (χ2n) is 4.59. The number of ether oxygens (including phenoxy) is 1. The van der Waals surface area contributed by atoms with Crippen molar-refractivity contribution in [2.75, 3.05) is 26.4 Å². The predicted molar refractivity (Wildman–Crippen MR) is 86.4 cm³/mol. The molecule has 0 aliphatic heterocycles. The van der Waals surface area contributed by atoms with Crippen molar-refractivity contribution in [3.8, 4) is 0 Å². The lowest BCUT2D eigenvalue weighted by atomic mass is 10.2. The van der Waals surface area contributed by atoms with Crippen LogP contribution in [0.3, 0.4) is 0 Å². The summed E-state index contributed by atoms with van der Waals surface area (Å²) in [6, 6.07) is 0. The second-order valence-corrected chi connectivity index (χ2v) is 4.59. The van der Waals surface area contributed by atoms with Gasteiger partial charge in [0.25, 0.3) is 0 Å². The third-order valence-corrected chi connectivity index (χ3v) is 1.00. The van der Waals surface area contributed by atoms with Gasteiger partial charge >= 0.3 is 0 Å². The molecule has 0 rings (SSSR count). The summed E-state index contributed by atoms with van der Waals surface area (Å²) < 4.78 is 5.36. The largest absolute Gasteiger partial charge is 0.394 e. The van der Waals surface area contributed by atoms with Gasteiger partial charge in [-0.1, -0.05) is 39.8 Å². The molecule has 0 aliphatic rings. The first-order chi connectivity index (χ1) is 8.87. The molecule has 0 radical (unpaired) electrons. The minimum absolute atomic E-state index is 0.125. The molecule has 0 spiro atoms. The van der Waals surface area contributed by atoms with Crippen molar-refractivity contribution in [2.45, 2.75) is 41.5 Å². The van der Waals surface area contributed by atoms with Crippen LogP contribution in [0.2, 0.25) is 0 Å². The Morgan fingerprint density at radius 3 is 1.16 bits per heavy atom. The maximum atomic E-state index is 7.62. The van der Waals surface area contributed by atoms with E-state index in [1.807, 2.05) is 13.8 Å². The van der Waals surface area contributed by atoms with Gasteiger partial charge in [-0.25, -0.2) is 0 Å². The highest BCUT2D eigenvalue weighted by atomic mass is 16.5. The lowest BCUT2D eigenvalue weighted by molar-refractivity contribution is 0.0886. The molecule has 0 bridgehead atoms. The fourth-order valence-electron chi connectivity index (χ4n) is 0.539. The Labute approximate surface area is 121 Å². The zero-order valence-corrected chi connectivity index (χ0v) is 13.9. The van der Waals surface area contributed by atoms with Crippen LogP contribution in [0, 0.1) is 11.8 Å². The molecule has 3 nitrogen and oxygen atoms in total. The molecular formula is C16H36O3. The minimum atomic E-state index is -0.125. The van der Waals surface area contributed by atoms with E-state index >= 15 is 0 Å². The molecule has 0 saturated carbocycles. The van der Waals surface area contributed by atoms with Gasteiger partial charge in [-0.15, -0.1) is 13.2 Å². The van der Waals surface area contributed by atoms with Crippen molar-refractivity contribution in [3.63, 3.8) is 0 Å². The monoisotopic (exact) mass is 276 g/mol. The number of rotatable bonds is 5. The molecule has 2 N–H and O–H groups in total. The molecule has 0 aromatic heterocycles. The van der Waals surface area contributed by atoms with E-state index in [4.69, 9.17) is 14.9 Å². The van der Waals surface area contributed by atoms with Gasteiger partial charge in [0.05, 0.1) is 13.2 Å². The fourth-order valence-corrected chi connectivity index (χ4v) is 0.539. The molecule has 0 unspecified atom stereocenters. The minimum Gasteiger partial charge on any atom is -0.394 e. The van der Waals surface area contributed by atoms with Gasteiger partial charge in [0, 0.05) is 13.2 Å². The summed E-state index contributed by atoms with van der Waals surface area (Å²) in [6.45, 7) is 20.7. The quantitative estimate of drug-likeness (QED) is 0.753. The van der Waals surface area contributed by atoms with Crippen molar-refractivity contribution < 1.29 is 14.9 Å². The SMILES string of the molecule is C=CC.C=CC.CC(C)COCC(C)C.OCCO. The zero-order valence-electron chi connectivity index (χ0n) is 13.9. The van der Waals surface area contributed by atoms with E-state index in [1.165, 1.54) is 0 Å². The van der Waals surface area contributed by atoms with Crippen LogP contribution in [-0.2, 0) is 4.74 Å². The average Bonchev–Trinajstić information content (AvgIpc) is 2.30. The Bertz CT molecular complexity index is 127. The van der Waals surface area contributed by atoms with Crippen LogP contribution < -0.4 is 0 Å². The number of aliphatic hydroxyl groups is 2. The van der Waals surface area contributed by atoms with Crippen LogP contribution in [0.25, 0.3) is 0 Å². The van der Waals surface area contributed by atoms with Crippen LogP contribution >= 0.6 is 0 Å². The molecule has 0 aromatic carbocycles. The van der Waals surface area contributed by atoms with E-state index in [-0.39, 0.29) is 13.2 Å². The summed E-state index contributed by atoms with van der Waals surface area (Å²) in [4.78, 5) is 0. The Kier molecular flexibility index (Phi) is 43.0. The molecule has 19 heavy (non-hydrogen) atoms. The van der Waals surface area contributed by atoms with E-state index < -0.39 is 0 Å². The first kappa shape index (κ1) is 26.8. The third-order valence-electron chi connectivity index (χ3n) is 1.00. The molecule has 0 atom stereocenters. The lowest BCUT2D eigenvalue weighted by Crippen LogP contribution is -2.06. The first-order valence-electron chi connectivity index (χ1n) is 6.81. The van der Waals surface area contributed by atoms with Gasteiger partial charge in [0.15, 0.2) is 0 Å². The summed E-state index contributed by atoms with van der Waals surface area (Å²) in [5.74, 6) is 1.34. The summed E-state index contributed by atoms with van der Waals surface area (Å²) in [5.41, 5.74) is 0. The maximum absolute atomic E-state index is 7.62. The maximum Gasteiger partial charge on any atom is 0.0662 e. The average molecular weight is 276 g/mol. The van der Waals surface area contributed by atoms with Crippen molar-refractivity contribution >= 4 is 0 Å². The first-order valence-corrected chi connectivity index (χ1v) is 6.81. The van der Waals surface area contributed by atoms with Crippen LogP contribution in [0.5, 0.6) is 0 Å². The number of allylic oxidation sites excluding steroid dienone is 2. The number of hydrogen-bond donors (Lipinski definition) is 2. The van der Waals surface area contributed by atoms with Crippen LogP contribution in [0.4, 0.5) is 0 Å². The van der Waals surface area contributed by atoms with Gasteiger partial charge in [-0.05, 0) is 25.7 Å². The smallest absolute Gasteiger partial charge is 0.0662 e. The molecular weight excluding hydrogens is 240 g/mol. The second kappa shape index (κ2) is 30.4. The van der Waals surface area contributed by atoms with Gasteiger partial charge in [0.1, 0.15) is 0 Å². The van der Waals surface area contributed by atoms with Crippen LogP contribution in [0.1, 0.15) is 41.5 Å². The highest BCUT2D eigenvalue weighted by Gasteiger charge is 1.95. The van der Waals surface area contributed by atoms with Crippen molar-refractivity contribution in [1.82, 2.24) is 0 Å². The summed E-state index contributed by atoms with van der Waals surface area (Å²) in [6.07, 6.45) is 3.50. The Hall–Kier alpha value is -0.640. The summed E-state index contributed by atoms with van der Waals surface area (Å²) in [5, 5.41) is 15.2. The molecule has 118 valence electrons. The highest BCUT2D eigenvalue weighted by Crippen LogP contribution is 1.96. The molecule has 0 aliphatic carbocycles. The van der Waals surface area contributed by atoms with Crippen molar-refractivity contribution in [2.24, 2.45) is 11.8 Å². The standard InChI is InChI=1S/C8H18O.2C3H6.C2H6O2/c1-7(2)5-9-6-8(3)4;2*1-3-2;3-1-2-4/h7-8H,5-6H2,1-4H3;2*3H,1H2,2H3;3-4H,1-2H2. The number of aliphatic hydroxyl groups excluding tert-OH is 2. The highest BCUT2D eigenvalue weighted by molar-refractivity contribution is 4.52. The van der Waals surface area contributed by atoms with Gasteiger partial charge in [0.2, 0.25) is 0 Å². The molecule has 0 saturated heterocycles. The van der Waals surface area contributed by atoms with Crippen molar-refractivity contribution in [1.29, 1.82) is 0 Å². The van der Waals surface area contributed by atoms with E-state index in [2.05, 4.69) is 40.9 Å². The van der Waals surface area contributed by atoms with Crippen molar-refractivity contribution in [3.05, 3.63) is 25.3 Å². The number of hydrogen-bond acceptors (Lipinski definition) is 3. The lowest BCUT2D eigenvalue weighted by Gasteiger charge is -2.07. The van der Waals surface area contributed by atoms with E-state index in [0.717, 1.165) is 13.2 Å². The summed E-state index contributed by atoms with van der Waals surface area (Å²) >= 11 is 0. The fraction of sp³-hybridized carbons (Fsp3) is 0.750. The van der Waals surface area contributed by atoms with Crippen LogP contribution in [0.15, 0.2) is 25.3 Å². The van der Waals surface area contributed by atoms with E-state index in [1.54, 1.807) is 12.2 Å². The Morgan fingerprint density at radius 1 is 0.842 bits per heavy atom. The summed E-state index contributed by atoms with van der Waals surface area (Å²) in [7, 11) is 0. The normalized spacial score (nSPS) is 8.32.